The smallest absolute Gasteiger partial charge is 0.213 e. The van der Waals surface area contributed by atoms with Gasteiger partial charge < -0.3 is 15.4 Å². The molecule has 1 aromatic rings. The van der Waals surface area contributed by atoms with Crippen molar-refractivity contribution in [1.82, 2.24) is 9.88 Å². The molecule has 2 heterocycles. The Bertz CT molecular complexity index is 453. The van der Waals surface area contributed by atoms with Crippen molar-refractivity contribution in [3.63, 3.8) is 0 Å². The highest BCUT2D eigenvalue weighted by molar-refractivity contribution is 14.0. The Kier molecular flexibility index (Phi) is 7.04. The van der Waals surface area contributed by atoms with E-state index in [0.29, 0.717) is 24.3 Å². The maximum atomic E-state index is 6.06. The average Bonchev–Trinajstić information content (AvgIpc) is 2.45. The molecule has 0 aromatic carbocycles. The quantitative estimate of drug-likeness (QED) is 0.489. The molecule has 1 aliphatic rings. The number of nitrogens with two attached hydrogens (primary N) is 1. The lowest BCUT2D eigenvalue weighted by atomic mass is 10.0. The van der Waals surface area contributed by atoms with Crippen LogP contribution in [0.3, 0.4) is 0 Å². The Hall–Kier alpha value is -1.05. The molecule has 0 saturated carbocycles. The van der Waals surface area contributed by atoms with Gasteiger partial charge in [-0.05, 0) is 30.4 Å². The van der Waals surface area contributed by atoms with Crippen LogP contribution in [0.25, 0.3) is 0 Å². The van der Waals surface area contributed by atoms with Gasteiger partial charge in [0.15, 0.2) is 5.96 Å². The van der Waals surface area contributed by atoms with E-state index in [-0.39, 0.29) is 24.0 Å². The van der Waals surface area contributed by atoms with Crippen LogP contribution in [0.4, 0.5) is 0 Å². The highest BCUT2D eigenvalue weighted by Crippen LogP contribution is 2.15. The fraction of sp³-hybridized carbons (Fsp3) is 0.571. The highest BCUT2D eigenvalue weighted by atomic mass is 127. The van der Waals surface area contributed by atoms with Crippen LogP contribution in [0, 0.1) is 5.92 Å². The van der Waals surface area contributed by atoms with E-state index < -0.39 is 0 Å². The van der Waals surface area contributed by atoms with E-state index in [4.69, 9.17) is 10.5 Å². The molecule has 1 aromatic heterocycles. The van der Waals surface area contributed by atoms with Crippen LogP contribution in [0.1, 0.15) is 25.3 Å². The van der Waals surface area contributed by atoms with Crippen LogP contribution < -0.4 is 10.5 Å². The summed E-state index contributed by atoms with van der Waals surface area (Å²) in [5.41, 5.74) is 7.11. The van der Waals surface area contributed by atoms with E-state index in [2.05, 4.69) is 21.8 Å². The third kappa shape index (κ3) is 4.81. The summed E-state index contributed by atoms with van der Waals surface area (Å²) in [4.78, 5) is 10.7. The highest BCUT2D eigenvalue weighted by Gasteiger charge is 2.17. The fourth-order valence-electron chi connectivity index (χ4n) is 2.33. The molecule has 2 N–H and O–H groups in total. The normalized spacial score (nSPS) is 19.4. The molecule has 5 nitrogen and oxygen atoms in total. The molecular weight excluding hydrogens is 367 g/mol. The number of nitrogens with zero attached hydrogens (tertiary/aromatic N) is 3. The second kappa shape index (κ2) is 8.28. The summed E-state index contributed by atoms with van der Waals surface area (Å²) < 4.78 is 5.09. The molecule has 1 unspecified atom stereocenters. The zero-order valence-electron chi connectivity index (χ0n) is 12.1. The van der Waals surface area contributed by atoms with Crippen LogP contribution in [-0.2, 0) is 6.54 Å². The van der Waals surface area contributed by atoms with Crippen LogP contribution in [0.5, 0.6) is 5.88 Å². The maximum absolute atomic E-state index is 6.06. The maximum Gasteiger partial charge on any atom is 0.213 e. The number of piperidine rings is 1. The van der Waals surface area contributed by atoms with Crippen molar-refractivity contribution in [2.75, 3.05) is 20.2 Å². The molecule has 0 spiro atoms. The lowest BCUT2D eigenvalue weighted by Gasteiger charge is -2.31. The van der Waals surface area contributed by atoms with Crippen molar-refractivity contribution in [3.8, 4) is 5.88 Å². The molecular formula is C14H23IN4O. The number of guanidine groups is 1. The summed E-state index contributed by atoms with van der Waals surface area (Å²) in [6.45, 7) is 4.84. The third-order valence-corrected chi connectivity index (χ3v) is 3.41. The number of aromatic nitrogens is 1. The summed E-state index contributed by atoms with van der Waals surface area (Å²) in [5, 5.41) is 0. The van der Waals surface area contributed by atoms with Gasteiger partial charge in [0.2, 0.25) is 5.88 Å². The van der Waals surface area contributed by atoms with Crippen LogP contribution >= 0.6 is 24.0 Å². The molecule has 1 fully saturated rings. The van der Waals surface area contributed by atoms with Gasteiger partial charge >= 0.3 is 0 Å². The van der Waals surface area contributed by atoms with E-state index in [1.54, 1.807) is 13.3 Å². The van der Waals surface area contributed by atoms with Gasteiger partial charge in [0.25, 0.3) is 0 Å². The van der Waals surface area contributed by atoms with Gasteiger partial charge in [0.1, 0.15) is 0 Å². The summed E-state index contributed by atoms with van der Waals surface area (Å²) in [6, 6.07) is 3.81. The second-order valence-electron chi connectivity index (χ2n) is 5.07. The summed E-state index contributed by atoms with van der Waals surface area (Å²) >= 11 is 0. The predicted octanol–water partition coefficient (Wildman–Crippen LogP) is 2.25. The van der Waals surface area contributed by atoms with Crippen LogP contribution in [0.2, 0.25) is 0 Å². The molecule has 6 heteroatoms. The Morgan fingerprint density at radius 1 is 1.60 bits per heavy atom. The van der Waals surface area contributed by atoms with E-state index in [0.717, 1.165) is 18.7 Å². The van der Waals surface area contributed by atoms with E-state index in [1.165, 1.54) is 12.8 Å². The molecule has 0 amide bonds. The van der Waals surface area contributed by atoms with Gasteiger partial charge in [0, 0.05) is 25.4 Å². The minimum Gasteiger partial charge on any atom is -0.481 e. The number of ether oxygens (including phenoxy) is 1. The van der Waals surface area contributed by atoms with Crippen LogP contribution in [0.15, 0.2) is 23.3 Å². The first-order chi connectivity index (χ1) is 9.19. The minimum absolute atomic E-state index is 0. The minimum atomic E-state index is 0. The van der Waals surface area contributed by atoms with Gasteiger partial charge in [-0.1, -0.05) is 6.92 Å². The zero-order valence-corrected chi connectivity index (χ0v) is 14.4. The number of aliphatic imine (C=N–C) groups is 1. The SMILES string of the molecule is COc1cc(CN=C(N)N2CCCC(C)C2)ccn1.I. The Morgan fingerprint density at radius 3 is 3.10 bits per heavy atom. The topological polar surface area (TPSA) is 63.7 Å². The van der Waals surface area contributed by atoms with Crippen molar-refractivity contribution >= 4 is 29.9 Å². The van der Waals surface area contributed by atoms with E-state index in [9.17, 15) is 0 Å². The number of likely N-dealkylation sites (tertiary alicyclic amines) is 1. The molecule has 1 aliphatic heterocycles. The molecule has 0 aliphatic carbocycles. The standard InChI is InChI=1S/C14H22N4O.HI/c1-11-4-3-7-18(10-11)14(15)17-9-12-5-6-16-13(8-12)19-2;/h5-6,8,11H,3-4,7,9-10H2,1-2H3,(H2,15,17);1H. The van der Waals surface area contributed by atoms with Crippen molar-refractivity contribution in [2.45, 2.75) is 26.3 Å². The Labute approximate surface area is 137 Å². The molecule has 1 atom stereocenters. The molecule has 0 bridgehead atoms. The summed E-state index contributed by atoms with van der Waals surface area (Å²) in [7, 11) is 1.61. The Balaban J connectivity index is 0.00000200. The number of rotatable bonds is 3. The Morgan fingerprint density at radius 2 is 2.40 bits per heavy atom. The van der Waals surface area contributed by atoms with Gasteiger partial charge in [-0.25, -0.2) is 9.98 Å². The second-order valence-corrected chi connectivity index (χ2v) is 5.07. The first kappa shape index (κ1) is 17.0. The molecule has 112 valence electrons. The molecule has 0 radical (unpaired) electrons. The zero-order chi connectivity index (χ0) is 13.7. The van der Waals surface area contributed by atoms with Gasteiger partial charge in [-0.3, -0.25) is 0 Å². The van der Waals surface area contributed by atoms with Crippen molar-refractivity contribution in [3.05, 3.63) is 23.9 Å². The van der Waals surface area contributed by atoms with Crippen molar-refractivity contribution in [2.24, 2.45) is 16.6 Å². The summed E-state index contributed by atoms with van der Waals surface area (Å²) in [6.07, 6.45) is 4.20. The number of hydrogen-bond donors (Lipinski definition) is 1. The van der Waals surface area contributed by atoms with Gasteiger partial charge in [-0.2, -0.15) is 0 Å². The number of methoxy groups -OCH3 is 1. The first-order valence-corrected chi connectivity index (χ1v) is 6.73. The number of pyridine rings is 1. The number of halogens is 1. The van der Waals surface area contributed by atoms with Gasteiger partial charge in [0.05, 0.1) is 13.7 Å². The first-order valence-electron chi connectivity index (χ1n) is 6.73. The largest absolute Gasteiger partial charge is 0.481 e. The van der Waals surface area contributed by atoms with E-state index in [1.807, 2.05) is 12.1 Å². The molecule has 2 rings (SSSR count). The average molecular weight is 390 g/mol. The third-order valence-electron chi connectivity index (χ3n) is 3.41. The van der Waals surface area contributed by atoms with Crippen molar-refractivity contribution in [1.29, 1.82) is 0 Å². The molecule has 20 heavy (non-hydrogen) atoms. The molecule has 1 saturated heterocycles. The lowest BCUT2D eigenvalue weighted by Crippen LogP contribution is -2.43. The fourth-order valence-corrected chi connectivity index (χ4v) is 2.33. The van der Waals surface area contributed by atoms with Crippen LogP contribution in [-0.4, -0.2) is 36.0 Å². The number of hydrogen-bond acceptors (Lipinski definition) is 3. The summed E-state index contributed by atoms with van der Waals surface area (Å²) in [5.74, 6) is 1.95. The monoisotopic (exact) mass is 390 g/mol. The van der Waals surface area contributed by atoms with Gasteiger partial charge in [-0.15, -0.1) is 24.0 Å². The van der Waals surface area contributed by atoms with E-state index >= 15 is 0 Å². The predicted molar refractivity (Wildman–Crippen MR) is 91.5 cm³/mol. The van der Waals surface area contributed by atoms with Crippen molar-refractivity contribution < 1.29 is 4.74 Å². The lowest BCUT2D eigenvalue weighted by molar-refractivity contribution is 0.270.